The van der Waals surface area contributed by atoms with E-state index in [0.29, 0.717) is 0 Å². The van der Waals surface area contributed by atoms with Crippen LogP contribution in [0.5, 0.6) is 0 Å². The minimum atomic E-state index is -3.98. The van der Waals surface area contributed by atoms with Gasteiger partial charge in [0.15, 0.2) is 5.41 Å². The second-order valence-corrected chi connectivity index (χ2v) is 7.35. The van der Waals surface area contributed by atoms with E-state index in [4.69, 9.17) is 6.42 Å². The molecule has 0 spiro atoms. The average molecular weight is 407 g/mol. The van der Waals surface area contributed by atoms with Gasteiger partial charge in [-0.3, -0.25) is 14.4 Å². The summed E-state index contributed by atoms with van der Waals surface area (Å²) in [5.74, 6) is -0.261. The SMILES string of the molecule is C#CCC(C/C=C/CC(=O)NS(=O)(=O)c1ccccc1)(C(=O)OC)C(=O)OC. The zero-order valence-electron chi connectivity index (χ0n) is 15.5. The lowest BCUT2D eigenvalue weighted by Gasteiger charge is -2.24. The lowest BCUT2D eigenvalue weighted by atomic mass is 9.81. The third-order valence-corrected chi connectivity index (χ3v) is 5.18. The summed E-state index contributed by atoms with van der Waals surface area (Å²) in [7, 11) is -1.75. The van der Waals surface area contributed by atoms with Crippen LogP contribution in [0, 0.1) is 17.8 Å². The smallest absolute Gasteiger partial charge is 0.324 e. The standard InChI is InChI=1S/C19H21NO7S/c1-4-13-19(17(22)26-2,18(23)27-3)14-9-8-12-16(21)20-28(24,25)15-10-6-5-7-11-15/h1,5-11H,12-14H2,2-3H3,(H,20,21)/b9-8+. The Hall–Kier alpha value is -3.12. The van der Waals surface area contributed by atoms with E-state index in [0.717, 1.165) is 14.2 Å². The predicted molar refractivity (Wildman–Crippen MR) is 100 cm³/mol. The quantitative estimate of drug-likeness (QED) is 0.283. The molecule has 0 aliphatic heterocycles. The predicted octanol–water partition coefficient (Wildman–Crippen LogP) is 1.18. The summed E-state index contributed by atoms with van der Waals surface area (Å²) < 4.78 is 35.4. The van der Waals surface area contributed by atoms with E-state index in [1.54, 1.807) is 6.07 Å². The molecule has 0 radical (unpaired) electrons. The van der Waals surface area contributed by atoms with Crippen LogP contribution < -0.4 is 4.72 Å². The molecule has 0 saturated heterocycles. The lowest BCUT2D eigenvalue weighted by Crippen LogP contribution is -2.40. The molecule has 0 aliphatic carbocycles. The number of hydrogen-bond acceptors (Lipinski definition) is 7. The largest absolute Gasteiger partial charge is 0.468 e. The molecule has 1 N–H and O–H groups in total. The summed E-state index contributed by atoms with van der Waals surface area (Å²) in [4.78, 5) is 36.0. The molecule has 0 unspecified atom stereocenters. The number of hydrogen-bond donors (Lipinski definition) is 1. The Bertz CT molecular complexity index is 867. The topological polar surface area (TPSA) is 116 Å². The zero-order chi connectivity index (χ0) is 21.2. The Morgan fingerprint density at radius 2 is 1.68 bits per heavy atom. The molecule has 1 aromatic rings. The number of rotatable bonds is 9. The summed E-state index contributed by atoms with van der Waals surface area (Å²) in [5.41, 5.74) is -1.73. The molecular formula is C19H21NO7S. The number of carbonyl (C=O) groups excluding carboxylic acids is 3. The first-order valence-electron chi connectivity index (χ1n) is 8.09. The Morgan fingerprint density at radius 1 is 1.11 bits per heavy atom. The third kappa shape index (κ3) is 5.69. The van der Waals surface area contributed by atoms with E-state index < -0.39 is 33.3 Å². The number of benzene rings is 1. The number of esters is 2. The third-order valence-electron chi connectivity index (χ3n) is 3.79. The number of methoxy groups -OCH3 is 2. The van der Waals surface area contributed by atoms with Crippen molar-refractivity contribution in [3.8, 4) is 12.3 Å². The first kappa shape index (κ1) is 22.9. The Labute approximate surface area is 164 Å². The van der Waals surface area contributed by atoms with Crippen LogP contribution in [0.3, 0.4) is 0 Å². The van der Waals surface area contributed by atoms with E-state index in [9.17, 15) is 22.8 Å². The fraction of sp³-hybridized carbons (Fsp3) is 0.316. The highest BCUT2D eigenvalue weighted by Crippen LogP contribution is 2.30. The molecule has 150 valence electrons. The van der Waals surface area contributed by atoms with Crippen molar-refractivity contribution in [2.24, 2.45) is 5.41 Å². The van der Waals surface area contributed by atoms with Crippen LogP contribution in [0.4, 0.5) is 0 Å². The molecule has 0 bridgehead atoms. The van der Waals surface area contributed by atoms with Gasteiger partial charge in [0.1, 0.15) is 0 Å². The summed E-state index contributed by atoms with van der Waals surface area (Å²) in [5, 5.41) is 0. The highest BCUT2D eigenvalue weighted by molar-refractivity contribution is 7.90. The summed E-state index contributed by atoms with van der Waals surface area (Å²) in [6.07, 6.45) is 7.24. The van der Waals surface area contributed by atoms with Crippen LogP contribution in [0.1, 0.15) is 19.3 Å². The van der Waals surface area contributed by atoms with Crippen molar-refractivity contribution in [3.63, 3.8) is 0 Å². The average Bonchev–Trinajstić information content (AvgIpc) is 2.69. The second-order valence-electron chi connectivity index (χ2n) is 5.67. The van der Waals surface area contributed by atoms with Crippen molar-refractivity contribution in [1.29, 1.82) is 0 Å². The van der Waals surface area contributed by atoms with E-state index >= 15 is 0 Å². The van der Waals surface area contributed by atoms with E-state index in [2.05, 4.69) is 15.4 Å². The number of terminal acetylenes is 1. The van der Waals surface area contributed by atoms with Crippen molar-refractivity contribution in [2.75, 3.05) is 14.2 Å². The first-order valence-corrected chi connectivity index (χ1v) is 9.58. The van der Waals surface area contributed by atoms with Gasteiger partial charge < -0.3 is 9.47 Å². The number of allylic oxidation sites excluding steroid dienone is 1. The maximum Gasteiger partial charge on any atom is 0.324 e. The molecule has 1 rings (SSSR count). The van der Waals surface area contributed by atoms with E-state index in [1.165, 1.54) is 36.4 Å². The molecule has 0 saturated carbocycles. The van der Waals surface area contributed by atoms with E-state index in [-0.39, 0.29) is 24.2 Å². The number of amides is 1. The monoisotopic (exact) mass is 407 g/mol. The minimum Gasteiger partial charge on any atom is -0.468 e. The zero-order valence-corrected chi connectivity index (χ0v) is 16.3. The van der Waals surface area contributed by atoms with Crippen LogP contribution in [-0.2, 0) is 33.9 Å². The molecule has 1 amide bonds. The lowest BCUT2D eigenvalue weighted by molar-refractivity contribution is -0.168. The summed E-state index contributed by atoms with van der Waals surface area (Å²) in [6.45, 7) is 0. The van der Waals surface area contributed by atoms with Crippen LogP contribution in [0.25, 0.3) is 0 Å². The number of carbonyl (C=O) groups is 3. The van der Waals surface area contributed by atoms with Crippen molar-refractivity contribution >= 4 is 27.9 Å². The Kier molecular flexibility index (Phi) is 8.41. The summed E-state index contributed by atoms with van der Waals surface area (Å²) in [6, 6.07) is 7.42. The van der Waals surface area contributed by atoms with Gasteiger partial charge >= 0.3 is 11.9 Å². The van der Waals surface area contributed by atoms with Gasteiger partial charge in [-0.05, 0) is 18.6 Å². The minimum absolute atomic E-state index is 0.0447. The van der Waals surface area contributed by atoms with E-state index in [1.807, 2.05) is 4.72 Å². The molecule has 0 atom stereocenters. The first-order chi connectivity index (χ1) is 13.2. The Morgan fingerprint density at radius 3 is 2.18 bits per heavy atom. The van der Waals surface area contributed by atoms with Gasteiger partial charge in [0.25, 0.3) is 10.0 Å². The highest BCUT2D eigenvalue weighted by atomic mass is 32.2. The molecule has 0 aromatic heterocycles. The van der Waals surface area contributed by atoms with Crippen molar-refractivity contribution in [2.45, 2.75) is 24.2 Å². The maximum atomic E-state index is 12.1. The Balaban J connectivity index is 2.82. The van der Waals surface area contributed by atoms with Crippen molar-refractivity contribution in [3.05, 3.63) is 42.5 Å². The molecule has 1 aromatic carbocycles. The molecule has 8 nitrogen and oxygen atoms in total. The van der Waals surface area contributed by atoms with Gasteiger partial charge in [-0.2, -0.15) is 0 Å². The van der Waals surface area contributed by atoms with Gasteiger partial charge in [0, 0.05) is 12.8 Å². The molecule has 9 heteroatoms. The molecular weight excluding hydrogens is 386 g/mol. The van der Waals surface area contributed by atoms with Crippen molar-refractivity contribution in [1.82, 2.24) is 4.72 Å². The van der Waals surface area contributed by atoms with Crippen LogP contribution in [0.15, 0.2) is 47.4 Å². The number of nitrogens with one attached hydrogen (secondary N) is 1. The molecule has 0 fully saturated rings. The fourth-order valence-electron chi connectivity index (χ4n) is 2.36. The molecule has 0 aliphatic rings. The molecule has 28 heavy (non-hydrogen) atoms. The van der Waals surface area contributed by atoms with Crippen LogP contribution in [-0.4, -0.2) is 40.5 Å². The normalized spacial score (nSPS) is 11.5. The van der Waals surface area contributed by atoms with Gasteiger partial charge in [-0.1, -0.05) is 30.4 Å². The van der Waals surface area contributed by atoms with Gasteiger partial charge in [-0.25, -0.2) is 13.1 Å². The van der Waals surface area contributed by atoms with Gasteiger partial charge in [0.05, 0.1) is 19.1 Å². The fourth-order valence-corrected chi connectivity index (χ4v) is 3.37. The number of ether oxygens (including phenoxy) is 2. The van der Waals surface area contributed by atoms with Crippen LogP contribution >= 0.6 is 0 Å². The van der Waals surface area contributed by atoms with Gasteiger partial charge in [-0.15, -0.1) is 12.3 Å². The van der Waals surface area contributed by atoms with Gasteiger partial charge in [0.2, 0.25) is 5.91 Å². The maximum absolute atomic E-state index is 12.1. The highest BCUT2D eigenvalue weighted by Gasteiger charge is 2.46. The number of sulfonamides is 1. The van der Waals surface area contributed by atoms with Crippen LogP contribution in [0.2, 0.25) is 0 Å². The van der Waals surface area contributed by atoms with Crippen molar-refractivity contribution < 1.29 is 32.3 Å². The molecule has 0 heterocycles. The summed E-state index contributed by atoms with van der Waals surface area (Å²) >= 11 is 0. The second kappa shape index (κ2) is 10.3.